The van der Waals surface area contributed by atoms with Crippen molar-refractivity contribution >= 4 is 24.4 Å². The first-order chi connectivity index (χ1) is 4.43. The zero-order valence-electron chi connectivity index (χ0n) is 6.00. The van der Waals surface area contributed by atoms with Gasteiger partial charge in [0, 0.05) is 0 Å². The van der Waals surface area contributed by atoms with Gasteiger partial charge in [0.05, 0.1) is 0 Å². The Morgan fingerprint density at radius 1 is 1.18 bits per heavy atom. The number of hydrogen-bond donors (Lipinski definition) is 0. The second kappa shape index (κ2) is 9.07. The number of halogens is 2. The molecule has 0 radical (unpaired) electrons. The summed E-state index contributed by atoms with van der Waals surface area (Å²) in [6.45, 7) is 0. The first-order valence-electron chi connectivity index (χ1n) is 3.02. The quantitative estimate of drug-likeness (QED) is 0.502. The van der Waals surface area contributed by atoms with E-state index in [1.165, 1.54) is 40.5 Å². The fourth-order valence-corrected chi connectivity index (χ4v) is 1.67. The van der Waals surface area contributed by atoms with Crippen molar-refractivity contribution in [3.8, 4) is 0 Å². The van der Waals surface area contributed by atoms with Crippen molar-refractivity contribution in [2.24, 2.45) is 0 Å². The Balaban J connectivity index is 0. The van der Waals surface area contributed by atoms with Gasteiger partial charge in [0.2, 0.25) is 0 Å². The van der Waals surface area contributed by atoms with Crippen LogP contribution in [0.1, 0.15) is 5.56 Å². The summed E-state index contributed by atoms with van der Waals surface area (Å²) in [7, 11) is 0. The fraction of sp³-hybridized carbons (Fsp3) is 0.286. The van der Waals surface area contributed by atoms with Gasteiger partial charge in [0.25, 0.3) is 0 Å². The summed E-state index contributed by atoms with van der Waals surface area (Å²) in [5.41, 5.74) is 1.41. The molecule has 11 heavy (non-hydrogen) atoms. The summed E-state index contributed by atoms with van der Waals surface area (Å²) in [6.07, 6.45) is 4.93. The van der Waals surface area contributed by atoms with Crippen LogP contribution < -0.4 is 34.0 Å². The Labute approximate surface area is 103 Å². The first-order valence-corrected chi connectivity index (χ1v) is 5.35. The number of rotatable bonds is 2. The molecule has 4 heteroatoms. The third-order valence-corrected chi connectivity index (χ3v) is 2.01. The van der Waals surface area contributed by atoms with Crippen LogP contribution >= 0.6 is 0 Å². The monoisotopic (exact) mass is 379 g/mol. The Kier molecular flexibility index (Phi) is 12.0. The summed E-state index contributed by atoms with van der Waals surface area (Å²) < 4.78 is 1.34. The van der Waals surface area contributed by atoms with Crippen LogP contribution in [-0.2, 0) is 6.42 Å². The molecule has 1 aromatic rings. The van der Waals surface area contributed by atoms with Gasteiger partial charge in [-0.15, -0.1) is 0 Å². The topological polar surface area (TPSA) is 12.9 Å². The van der Waals surface area contributed by atoms with Crippen molar-refractivity contribution in [3.63, 3.8) is 0 Å². The molecular formula is C7H8Br2InN. The Morgan fingerprint density at radius 3 is 2.18 bits per heavy atom. The van der Waals surface area contributed by atoms with Crippen LogP contribution in [0.5, 0.6) is 0 Å². The van der Waals surface area contributed by atoms with Crippen molar-refractivity contribution in [2.75, 3.05) is 0 Å². The number of aryl methyl sites for hydroxylation is 1. The second-order valence-corrected chi connectivity index (χ2v) is 3.54. The number of aromatic nitrogens is 1. The second-order valence-electron chi connectivity index (χ2n) is 1.89. The van der Waals surface area contributed by atoms with Crippen LogP contribution in [0.25, 0.3) is 0 Å². The average Bonchev–Trinajstić information content (AvgIpc) is 1.91. The summed E-state index contributed by atoms with van der Waals surface area (Å²) in [6, 6.07) is 4.16. The third kappa shape index (κ3) is 6.17. The Morgan fingerprint density at radius 2 is 1.73 bits per heavy atom. The SMILES string of the molecule is [Br-].[Br-].[In+2][CH2]Cc1ccncc1. The van der Waals surface area contributed by atoms with Crippen LogP contribution in [0, 0.1) is 0 Å². The average molecular weight is 381 g/mol. The van der Waals surface area contributed by atoms with Gasteiger partial charge in [-0.1, -0.05) is 0 Å². The van der Waals surface area contributed by atoms with Gasteiger partial charge in [0.15, 0.2) is 0 Å². The molecule has 0 aliphatic carbocycles. The molecule has 1 heterocycles. The summed E-state index contributed by atoms with van der Waals surface area (Å²) in [4.78, 5) is 3.94. The van der Waals surface area contributed by atoms with Gasteiger partial charge in [-0.25, -0.2) is 0 Å². The van der Waals surface area contributed by atoms with Crippen molar-refractivity contribution in [1.82, 2.24) is 4.98 Å². The molecule has 1 nitrogen and oxygen atoms in total. The van der Waals surface area contributed by atoms with Crippen LogP contribution in [0.3, 0.4) is 0 Å². The molecule has 0 unspecified atom stereocenters. The molecule has 0 N–H and O–H groups in total. The van der Waals surface area contributed by atoms with Crippen molar-refractivity contribution in [2.45, 2.75) is 10.6 Å². The molecule has 1 rings (SSSR count). The zero-order valence-corrected chi connectivity index (χ0v) is 12.5. The molecule has 0 aliphatic rings. The maximum absolute atomic E-state index is 3.94. The summed E-state index contributed by atoms with van der Waals surface area (Å²) in [5.74, 6) is 0. The molecule has 0 saturated carbocycles. The van der Waals surface area contributed by atoms with E-state index in [0.29, 0.717) is 0 Å². The van der Waals surface area contributed by atoms with Crippen LogP contribution in [-0.4, -0.2) is 29.4 Å². The molecular weight excluding hydrogens is 373 g/mol. The molecule has 0 fully saturated rings. The van der Waals surface area contributed by atoms with Crippen LogP contribution in [0.4, 0.5) is 0 Å². The predicted octanol–water partition coefficient (Wildman–Crippen LogP) is -4.78. The number of nitrogens with zero attached hydrogens (tertiary/aromatic N) is 1. The van der Waals surface area contributed by atoms with E-state index in [1.807, 2.05) is 12.4 Å². The van der Waals surface area contributed by atoms with Gasteiger partial charge >= 0.3 is 70.0 Å². The summed E-state index contributed by atoms with van der Waals surface area (Å²) in [5, 5.41) is 0. The number of pyridine rings is 1. The predicted molar refractivity (Wildman–Crippen MR) is 38.5 cm³/mol. The Bertz CT molecular complexity index is 169. The minimum absolute atomic E-state index is 0. The molecule has 0 aromatic carbocycles. The van der Waals surface area contributed by atoms with E-state index in [1.54, 1.807) is 0 Å². The molecule has 1 aromatic heterocycles. The van der Waals surface area contributed by atoms with Gasteiger partial charge in [-0.3, -0.25) is 0 Å². The van der Waals surface area contributed by atoms with Crippen LogP contribution in [0.15, 0.2) is 24.5 Å². The van der Waals surface area contributed by atoms with Crippen molar-refractivity contribution in [3.05, 3.63) is 30.1 Å². The minimum atomic E-state index is 0. The maximum atomic E-state index is 3.94. The van der Waals surface area contributed by atoms with E-state index in [2.05, 4.69) is 17.1 Å². The van der Waals surface area contributed by atoms with Gasteiger partial charge < -0.3 is 34.0 Å². The molecule has 58 valence electrons. The van der Waals surface area contributed by atoms with E-state index >= 15 is 0 Å². The van der Waals surface area contributed by atoms with E-state index < -0.39 is 0 Å². The summed E-state index contributed by atoms with van der Waals surface area (Å²) >= 11 is 1.36. The number of hydrogen-bond acceptors (Lipinski definition) is 1. The van der Waals surface area contributed by atoms with E-state index in [4.69, 9.17) is 0 Å². The zero-order chi connectivity index (χ0) is 6.53. The first kappa shape index (κ1) is 14.5. The fourth-order valence-electron chi connectivity index (χ4n) is 0.716. The molecule has 0 amide bonds. The molecule has 0 spiro atoms. The standard InChI is InChI=1S/C7H8N.2BrH.In/c1-2-7-3-5-8-6-4-7;;;/h3-6H,1-2H2;2*1H;/q;;;+2/p-2. The van der Waals surface area contributed by atoms with E-state index in [0.717, 1.165) is 0 Å². The van der Waals surface area contributed by atoms with Gasteiger partial charge in [-0.2, -0.15) is 0 Å². The third-order valence-electron chi connectivity index (χ3n) is 1.18. The van der Waals surface area contributed by atoms with Crippen molar-refractivity contribution in [1.29, 1.82) is 0 Å². The molecule has 0 atom stereocenters. The Hall–Kier alpha value is 0.980. The molecule has 0 bridgehead atoms. The van der Waals surface area contributed by atoms with Gasteiger partial charge in [0.1, 0.15) is 0 Å². The van der Waals surface area contributed by atoms with Crippen LogP contribution in [0.2, 0.25) is 4.18 Å². The normalized spacial score (nSPS) is 7.82. The molecule has 0 saturated heterocycles. The van der Waals surface area contributed by atoms with E-state index in [9.17, 15) is 0 Å². The van der Waals surface area contributed by atoms with Gasteiger partial charge in [-0.05, 0) is 0 Å². The van der Waals surface area contributed by atoms with E-state index in [-0.39, 0.29) is 34.0 Å². The van der Waals surface area contributed by atoms with Crippen molar-refractivity contribution < 1.29 is 34.0 Å². The molecule has 0 aliphatic heterocycles.